The largest absolute Gasteiger partial charge is 0.343 e. The second-order valence-electron chi connectivity index (χ2n) is 7.13. The molecular weight excluding hydrogens is 282 g/mol. The van der Waals surface area contributed by atoms with Gasteiger partial charge in [0.1, 0.15) is 0 Å². The number of nitrogens with one attached hydrogen (secondary N) is 3. The van der Waals surface area contributed by atoms with Crippen LogP contribution < -0.4 is 16.3 Å². The smallest absolute Gasteiger partial charge is 0.338 e. The van der Waals surface area contributed by atoms with E-state index >= 15 is 0 Å². The van der Waals surface area contributed by atoms with E-state index < -0.39 is 0 Å². The molecule has 3 N–H and O–H groups in total. The topological polar surface area (TPSA) is 91.8 Å². The van der Waals surface area contributed by atoms with Crippen LogP contribution in [0.25, 0.3) is 0 Å². The second-order valence-corrected chi connectivity index (χ2v) is 7.13. The van der Waals surface area contributed by atoms with Crippen LogP contribution in [0.2, 0.25) is 0 Å². The minimum absolute atomic E-state index is 0.215. The minimum atomic E-state index is -0.325. The summed E-state index contributed by atoms with van der Waals surface area (Å²) in [5, 5.41) is 12.0. The fraction of sp³-hybridized carbons (Fsp3) is 0.800. The standard InChI is InChI=1S/C15H27N5O2/c1-10(12-18-19-14(22)20(12)4)17-13(21)16-9-11-5-7-15(2,3)8-6-11/h10-11H,5-9H2,1-4H3,(H,19,22)(H2,16,17,21). The van der Waals surface area contributed by atoms with Gasteiger partial charge in [0, 0.05) is 13.6 Å². The van der Waals surface area contributed by atoms with Crippen LogP contribution in [-0.4, -0.2) is 27.3 Å². The highest BCUT2D eigenvalue weighted by atomic mass is 16.2. The molecule has 2 amide bonds. The number of hydrogen-bond donors (Lipinski definition) is 3. The molecule has 0 spiro atoms. The Morgan fingerprint density at radius 3 is 2.64 bits per heavy atom. The molecule has 0 radical (unpaired) electrons. The number of carbonyl (C=O) groups is 1. The molecule has 1 aliphatic carbocycles. The van der Waals surface area contributed by atoms with Crippen LogP contribution in [0.3, 0.4) is 0 Å². The van der Waals surface area contributed by atoms with Gasteiger partial charge in [-0.05, 0) is 43.9 Å². The van der Waals surface area contributed by atoms with Crippen LogP contribution in [-0.2, 0) is 7.05 Å². The van der Waals surface area contributed by atoms with Crippen LogP contribution in [0.4, 0.5) is 4.79 Å². The molecule has 124 valence electrons. The van der Waals surface area contributed by atoms with Gasteiger partial charge in [-0.1, -0.05) is 13.8 Å². The normalized spacial score (nSPS) is 19.6. The molecule has 1 fully saturated rings. The summed E-state index contributed by atoms with van der Waals surface area (Å²) in [7, 11) is 1.63. The molecule has 1 atom stereocenters. The van der Waals surface area contributed by atoms with Gasteiger partial charge < -0.3 is 10.6 Å². The van der Waals surface area contributed by atoms with Gasteiger partial charge in [-0.3, -0.25) is 4.57 Å². The van der Waals surface area contributed by atoms with Crippen LogP contribution >= 0.6 is 0 Å². The van der Waals surface area contributed by atoms with Crippen LogP contribution in [0.15, 0.2) is 4.79 Å². The van der Waals surface area contributed by atoms with Gasteiger partial charge in [-0.25, -0.2) is 14.7 Å². The van der Waals surface area contributed by atoms with E-state index in [-0.39, 0.29) is 17.8 Å². The predicted octanol–water partition coefficient (Wildman–Crippen LogP) is 1.68. The molecule has 7 heteroatoms. The lowest BCUT2D eigenvalue weighted by atomic mass is 9.73. The number of aromatic amines is 1. The van der Waals surface area contributed by atoms with E-state index in [1.807, 2.05) is 0 Å². The summed E-state index contributed by atoms with van der Waals surface area (Å²) >= 11 is 0. The zero-order chi connectivity index (χ0) is 16.3. The number of H-pyrrole nitrogens is 1. The summed E-state index contributed by atoms with van der Waals surface area (Å²) in [6, 6.07) is -0.540. The summed E-state index contributed by atoms with van der Waals surface area (Å²) in [6.45, 7) is 7.12. The van der Waals surface area contributed by atoms with Gasteiger partial charge in [0.15, 0.2) is 5.82 Å². The quantitative estimate of drug-likeness (QED) is 0.790. The van der Waals surface area contributed by atoms with Crippen molar-refractivity contribution in [2.75, 3.05) is 6.54 Å². The molecule has 1 unspecified atom stereocenters. The summed E-state index contributed by atoms with van der Waals surface area (Å²) in [4.78, 5) is 23.3. The molecule has 1 saturated carbocycles. The third-order valence-corrected chi connectivity index (χ3v) is 4.66. The Balaban J connectivity index is 1.76. The first kappa shape index (κ1) is 16.6. The van der Waals surface area contributed by atoms with Gasteiger partial charge in [-0.2, -0.15) is 5.10 Å². The van der Waals surface area contributed by atoms with E-state index in [4.69, 9.17) is 0 Å². The minimum Gasteiger partial charge on any atom is -0.338 e. The fourth-order valence-corrected chi connectivity index (χ4v) is 2.96. The number of nitrogens with zero attached hydrogens (tertiary/aromatic N) is 2. The van der Waals surface area contributed by atoms with Gasteiger partial charge in [0.05, 0.1) is 6.04 Å². The Morgan fingerprint density at radius 1 is 1.45 bits per heavy atom. The lowest BCUT2D eigenvalue weighted by Gasteiger charge is -2.34. The monoisotopic (exact) mass is 309 g/mol. The molecule has 0 saturated heterocycles. The average Bonchev–Trinajstić information content (AvgIpc) is 2.78. The van der Waals surface area contributed by atoms with Crippen molar-refractivity contribution in [3.05, 3.63) is 16.3 Å². The van der Waals surface area contributed by atoms with E-state index in [1.165, 1.54) is 17.4 Å². The number of urea groups is 1. The molecule has 0 aromatic carbocycles. The van der Waals surface area contributed by atoms with Crippen molar-refractivity contribution in [3.63, 3.8) is 0 Å². The van der Waals surface area contributed by atoms with Crippen molar-refractivity contribution < 1.29 is 4.79 Å². The maximum atomic E-state index is 12.0. The van der Waals surface area contributed by atoms with Crippen LogP contribution in [0.1, 0.15) is 58.3 Å². The van der Waals surface area contributed by atoms with E-state index in [1.54, 1.807) is 14.0 Å². The highest BCUT2D eigenvalue weighted by molar-refractivity contribution is 5.74. The maximum absolute atomic E-state index is 12.0. The predicted molar refractivity (Wildman–Crippen MR) is 84.5 cm³/mol. The lowest BCUT2D eigenvalue weighted by molar-refractivity contribution is 0.187. The molecule has 0 bridgehead atoms. The van der Waals surface area contributed by atoms with E-state index in [9.17, 15) is 9.59 Å². The summed E-state index contributed by atoms with van der Waals surface area (Å²) in [5.41, 5.74) is 0.159. The number of carbonyl (C=O) groups excluding carboxylic acids is 1. The molecule has 1 aromatic rings. The third kappa shape index (κ3) is 4.11. The SMILES string of the molecule is CC(NC(=O)NCC1CCC(C)(C)CC1)c1n[nH]c(=O)n1C. The highest BCUT2D eigenvalue weighted by Crippen LogP contribution is 2.37. The lowest BCUT2D eigenvalue weighted by Crippen LogP contribution is -2.41. The van der Waals surface area contributed by atoms with E-state index in [0.717, 1.165) is 12.8 Å². The third-order valence-electron chi connectivity index (χ3n) is 4.66. The van der Waals surface area contributed by atoms with Crippen molar-refractivity contribution in [1.29, 1.82) is 0 Å². The van der Waals surface area contributed by atoms with E-state index in [2.05, 4.69) is 34.7 Å². The Bertz CT molecular complexity index is 565. The molecule has 1 heterocycles. The number of aromatic nitrogens is 3. The Kier molecular flexibility index (Phi) is 4.93. The number of rotatable bonds is 4. The zero-order valence-electron chi connectivity index (χ0n) is 13.9. The second kappa shape index (κ2) is 6.54. The number of hydrogen-bond acceptors (Lipinski definition) is 3. The first-order valence-corrected chi connectivity index (χ1v) is 7.94. The highest BCUT2D eigenvalue weighted by Gasteiger charge is 2.27. The van der Waals surface area contributed by atoms with Crippen molar-refractivity contribution in [3.8, 4) is 0 Å². The van der Waals surface area contributed by atoms with Crippen LogP contribution in [0, 0.1) is 11.3 Å². The average molecular weight is 309 g/mol. The molecule has 1 aromatic heterocycles. The number of amides is 2. The Labute approximate surface area is 130 Å². The summed E-state index contributed by atoms with van der Waals surface area (Å²) in [6.07, 6.45) is 4.76. The summed E-state index contributed by atoms with van der Waals surface area (Å²) in [5.74, 6) is 1.07. The van der Waals surface area contributed by atoms with Gasteiger partial charge >= 0.3 is 11.7 Å². The molecule has 2 rings (SSSR count). The molecular formula is C15H27N5O2. The Hall–Kier alpha value is -1.79. The molecule has 1 aliphatic rings. The van der Waals surface area contributed by atoms with Crippen molar-refractivity contribution in [1.82, 2.24) is 25.4 Å². The van der Waals surface area contributed by atoms with Crippen LogP contribution in [0.5, 0.6) is 0 Å². The zero-order valence-corrected chi connectivity index (χ0v) is 13.9. The van der Waals surface area contributed by atoms with Crippen molar-refractivity contribution >= 4 is 6.03 Å². The Morgan fingerprint density at radius 2 is 2.09 bits per heavy atom. The van der Waals surface area contributed by atoms with Gasteiger partial charge in [0.2, 0.25) is 0 Å². The van der Waals surface area contributed by atoms with Gasteiger partial charge in [-0.15, -0.1) is 0 Å². The van der Waals surface area contributed by atoms with Crippen molar-refractivity contribution in [2.45, 2.75) is 52.5 Å². The summed E-state index contributed by atoms with van der Waals surface area (Å²) < 4.78 is 1.40. The molecule has 22 heavy (non-hydrogen) atoms. The molecule has 0 aliphatic heterocycles. The van der Waals surface area contributed by atoms with Crippen molar-refractivity contribution in [2.24, 2.45) is 18.4 Å². The van der Waals surface area contributed by atoms with Gasteiger partial charge in [0.25, 0.3) is 0 Å². The molecule has 7 nitrogen and oxygen atoms in total. The fourth-order valence-electron chi connectivity index (χ4n) is 2.96. The maximum Gasteiger partial charge on any atom is 0.343 e. The van der Waals surface area contributed by atoms with E-state index in [0.29, 0.717) is 23.7 Å². The first-order chi connectivity index (χ1) is 10.3. The first-order valence-electron chi connectivity index (χ1n) is 7.94.